The van der Waals surface area contributed by atoms with Gasteiger partial charge in [0.25, 0.3) is 5.91 Å². The Morgan fingerprint density at radius 3 is 1.89 bits per heavy atom. The maximum Gasteiger partial charge on any atom is 0.257 e. The average Bonchev–Trinajstić information content (AvgIpc) is 2.63. The molecule has 0 heterocycles. The van der Waals surface area contributed by atoms with Gasteiger partial charge < -0.3 is 19.5 Å². The van der Waals surface area contributed by atoms with E-state index in [4.69, 9.17) is 61.2 Å². The van der Waals surface area contributed by atoms with Gasteiger partial charge in [0.15, 0.2) is 16.6 Å². The topological polar surface area (TPSA) is 68.8 Å². The Labute approximate surface area is 176 Å². The van der Waals surface area contributed by atoms with Crippen LogP contribution in [0.5, 0.6) is 17.2 Å². The molecule has 2 rings (SSSR count). The van der Waals surface area contributed by atoms with E-state index in [0.717, 1.165) is 0 Å². The van der Waals surface area contributed by atoms with Gasteiger partial charge in [-0.15, -0.1) is 0 Å². The lowest BCUT2D eigenvalue weighted by atomic mass is 10.1. The number of carbonyl (C=O) groups is 1. The minimum atomic E-state index is -0.493. The second-order valence-corrected chi connectivity index (χ2v) is 6.73. The van der Waals surface area contributed by atoms with Crippen LogP contribution in [0.15, 0.2) is 24.3 Å². The zero-order valence-electron chi connectivity index (χ0n) is 14.5. The third-order valence-electron chi connectivity index (χ3n) is 3.40. The first-order chi connectivity index (χ1) is 12.8. The van der Waals surface area contributed by atoms with Crippen LogP contribution in [0.1, 0.15) is 10.4 Å². The van der Waals surface area contributed by atoms with Crippen molar-refractivity contribution in [3.8, 4) is 17.2 Å². The summed E-state index contributed by atoms with van der Waals surface area (Å²) in [5.41, 5.74) is 0.583. The molecule has 0 aromatic heterocycles. The lowest BCUT2D eigenvalue weighted by Gasteiger charge is -2.15. The number of amides is 1. The van der Waals surface area contributed by atoms with Gasteiger partial charge in [-0.05, 0) is 36.5 Å². The number of ether oxygens (including phenoxy) is 3. The summed E-state index contributed by atoms with van der Waals surface area (Å²) in [6, 6.07) is 6.00. The highest BCUT2D eigenvalue weighted by molar-refractivity contribution is 7.80. The zero-order valence-corrected chi connectivity index (χ0v) is 17.6. The van der Waals surface area contributed by atoms with Crippen molar-refractivity contribution in [3.05, 3.63) is 44.9 Å². The molecule has 0 unspecified atom stereocenters. The molecule has 0 aliphatic heterocycles. The standard InChI is InChI=1S/C17H15Cl3N2O4S/c1-24-12-4-8(5-13(25-2)15(12)26-3)16(23)22-17(27)21-14-10(19)6-9(18)7-11(14)20/h4-7H,1-3H3,(H2,21,22,23,27). The molecule has 0 fully saturated rings. The van der Waals surface area contributed by atoms with Gasteiger partial charge in [-0.25, -0.2) is 0 Å². The quantitative estimate of drug-likeness (QED) is 0.639. The number of methoxy groups -OCH3 is 3. The molecule has 0 atom stereocenters. The Bertz CT molecular complexity index is 844. The number of thiocarbonyl (C=S) groups is 1. The minimum Gasteiger partial charge on any atom is -0.493 e. The number of nitrogens with one attached hydrogen (secondary N) is 2. The maximum atomic E-state index is 12.5. The lowest BCUT2D eigenvalue weighted by Crippen LogP contribution is -2.34. The molecule has 2 N–H and O–H groups in total. The van der Waals surface area contributed by atoms with Crippen LogP contribution >= 0.6 is 47.0 Å². The summed E-state index contributed by atoms with van der Waals surface area (Å²) in [7, 11) is 4.38. The van der Waals surface area contributed by atoms with Crippen LogP contribution in [0.25, 0.3) is 0 Å². The third kappa shape index (κ3) is 5.07. The predicted octanol–water partition coefficient (Wildman–Crippen LogP) is 4.80. The molecule has 0 saturated carbocycles. The van der Waals surface area contributed by atoms with Crippen LogP contribution in [-0.2, 0) is 0 Å². The summed E-state index contributed by atoms with van der Waals surface area (Å²) in [5, 5.41) is 6.21. The summed E-state index contributed by atoms with van der Waals surface area (Å²) in [6.45, 7) is 0. The van der Waals surface area contributed by atoms with Crippen molar-refractivity contribution in [1.29, 1.82) is 0 Å². The minimum absolute atomic E-state index is 0.000117. The summed E-state index contributed by atoms with van der Waals surface area (Å²) >= 11 is 23.2. The Morgan fingerprint density at radius 2 is 1.44 bits per heavy atom. The Hall–Kier alpha value is -1.93. The van der Waals surface area contributed by atoms with Gasteiger partial charge >= 0.3 is 0 Å². The van der Waals surface area contributed by atoms with Gasteiger partial charge in [0.1, 0.15) is 0 Å². The number of hydrogen-bond acceptors (Lipinski definition) is 5. The highest BCUT2D eigenvalue weighted by atomic mass is 35.5. The van der Waals surface area contributed by atoms with Gasteiger partial charge in [-0.1, -0.05) is 34.8 Å². The van der Waals surface area contributed by atoms with E-state index < -0.39 is 5.91 Å². The van der Waals surface area contributed by atoms with Crippen molar-refractivity contribution in [2.75, 3.05) is 26.6 Å². The summed E-state index contributed by atoms with van der Waals surface area (Å²) in [5.74, 6) is 0.555. The number of hydrogen-bond donors (Lipinski definition) is 2. The highest BCUT2D eigenvalue weighted by Crippen LogP contribution is 2.38. The molecule has 144 valence electrons. The fraction of sp³-hybridized carbons (Fsp3) is 0.176. The van der Waals surface area contributed by atoms with Gasteiger partial charge in [0, 0.05) is 10.6 Å². The molecular weight excluding hydrogens is 435 g/mol. The molecule has 1 amide bonds. The number of benzene rings is 2. The fourth-order valence-electron chi connectivity index (χ4n) is 2.19. The van der Waals surface area contributed by atoms with E-state index in [9.17, 15) is 4.79 Å². The number of rotatable bonds is 5. The normalized spacial score (nSPS) is 10.1. The number of carbonyl (C=O) groups excluding carboxylic acids is 1. The van der Waals surface area contributed by atoms with Crippen molar-refractivity contribution in [2.24, 2.45) is 0 Å². The molecule has 0 radical (unpaired) electrons. The highest BCUT2D eigenvalue weighted by Gasteiger charge is 2.18. The molecule has 0 saturated heterocycles. The van der Waals surface area contributed by atoms with Crippen LogP contribution in [-0.4, -0.2) is 32.3 Å². The smallest absolute Gasteiger partial charge is 0.257 e. The lowest BCUT2D eigenvalue weighted by molar-refractivity contribution is 0.0977. The molecule has 27 heavy (non-hydrogen) atoms. The first-order valence-electron chi connectivity index (χ1n) is 7.37. The molecule has 0 aliphatic carbocycles. The zero-order chi connectivity index (χ0) is 20.1. The van der Waals surface area contributed by atoms with E-state index >= 15 is 0 Å². The van der Waals surface area contributed by atoms with Crippen LogP contribution in [0, 0.1) is 0 Å². The van der Waals surface area contributed by atoms with Crippen LogP contribution in [0.4, 0.5) is 5.69 Å². The number of anilines is 1. The van der Waals surface area contributed by atoms with Gasteiger partial charge in [0.2, 0.25) is 5.75 Å². The molecule has 2 aromatic rings. The maximum absolute atomic E-state index is 12.5. The van der Waals surface area contributed by atoms with Gasteiger partial charge in [-0.2, -0.15) is 0 Å². The molecule has 10 heteroatoms. The van der Waals surface area contributed by atoms with Crippen LogP contribution < -0.4 is 24.8 Å². The van der Waals surface area contributed by atoms with Gasteiger partial charge in [0.05, 0.1) is 37.1 Å². The SMILES string of the molecule is COc1cc(C(=O)NC(=S)Nc2c(Cl)cc(Cl)cc2Cl)cc(OC)c1OC. The van der Waals surface area contributed by atoms with Crippen LogP contribution in [0.2, 0.25) is 15.1 Å². The molecule has 0 spiro atoms. The molecule has 2 aromatic carbocycles. The van der Waals surface area contributed by atoms with Crippen molar-refractivity contribution in [2.45, 2.75) is 0 Å². The molecule has 0 bridgehead atoms. The Kier molecular flexibility index (Phi) is 7.38. The van der Waals surface area contributed by atoms with Crippen molar-refractivity contribution in [3.63, 3.8) is 0 Å². The van der Waals surface area contributed by atoms with Crippen molar-refractivity contribution in [1.82, 2.24) is 5.32 Å². The first-order valence-corrected chi connectivity index (χ1v) is 8.91. The van der Waals surface area contributed by atoms with E-state index in [1.165, 1.54) is 45.6 Å². The van der Waals surface area contributed by atoms with E-state index in [1.54, 1.807) is 0 Å². The summed E-state index contributed by atoms with van der Waals surface area (Å²) in [4.78, 5) is 12.5. The second-order valence-electron chi connectivity index (χ2n) is 5.07. The Balaban J connectivity index is 2.21. The van der Waals surface area contributed by atoms with E-state index in [-0.39, 0.29) is 20.7 Å². The first kappa shape index (κ1) is 21.4. The molecule has 6 nitrogen and oxygen atoms in total. The van der Waals surface area contributed by atoms with Crippen molar-refractivity contribution >= 4 is 63.7 Å². The van der Waals surface area contributed by atoms with E-state index in [2.05, 4.69) is 10.6 Å². The molecule has 0 aliphatic rings. The predicted molar refractivity (Wildman–Crippen MR) is 111 cm³/mol. The average molecular weight is 450 g/mol. The monoisotopic (exact) mass is 448 g/mol. The van der Waals surface area contributed by atoms with Crippen molar-refractivity contribution < 1.29 is 19.0 Å². The Morgan fingerprint density at radius 1 is 0.926 bits per heavy atom. The van der Waals surface area contributed by atoms with Gasteiger partial charge in [-0.3, -0.25) is 10.1 Å². The van der Waals surface area contributed by atoms with E-state index in [1.807, 2.05) is 0 Å². The second kappa shape index (κ2) is 9.32. The van der Waals surface area contributed by atoms with Crippen LogP contribution in [0.3, 0.4) is 0 Å². The number of halogens is 3. The molecular formula is C17H15Cl3N2O4S. The summed E-state index contributed by atoms with van der Waals surface area (Å²) < 4.78 is 15.7. The fourth-order valence-corrected chi connectivity index (χ4v) is 3.30. The summed E-state index contributed by atoms with van der Waals surface area (Å²) in [6.07, 6.45) is 0. The third-order valence-corrected chi connectivity index (χ3v) is 4.42. The largest absolute Gasteiger partial charge is 0.493 e. The van der Waals surface area contributed by atoms with E-state index in [0.29, 0.717) is 28.0 Å².